The highest BCUT2D eigenvalue weighted by molar-refractivity contribution is 5.93. The number of guanidine groups is 1. The molecule has 2 aromatic rings. The fourth-order valence-corrected chi connectivity index (χ4v) is 3.44. The zero-order chi connectivity index (χ0) is 21.3. The lowest BCUT2D eigenvalue weighted by Crippen LogP contribution is -2.43. The first-order valence-electron chi connectivity index (χ1n) is 10.3. The van der Waals surface area contributed by atoms with E-state index in [4.69, 9.17) is 9.47 Å². The predicted molar refractivity (Wildman–Crippen MR) is 123 cm³/mol. The van der Waals surface area contributed by atoms with E-state index in [-0.39, 0.29) is 0 Å². The minimum absolute atomic E-state index is 0.675. The Bertz CT molecular complexity index is 830. The highest BCUT2D eigenvalue weighted by Crippen LogP contribution is 2.29. The van der Waals surface area contributed by atoms with Crippen molar-refractivity contribution in [1.29, 1.82) is 0 Å². The Kier molecular flexibility index (Phi) is 7.93. The highest BCUT2D eigenvalue weighted by atomic mass is 16.5. The number of methoxy groups -OCH3 is 2. The third kappa shape index (κ3) is 6.11. The van der Waals surface area contributed by atoms with E-state index >= 15 is 0 Å². The Morgan fingerprint density at radius 3 is 2.23 bits per heavy atom. The summed E-state index contributed by atoms with van der Waals surface area (Å²) in [4.78, 5) is 9.21. The predicted octanol–water partition coefficient (Wildman–Crippen LogP) is 2.64. The number of likely N-dealkylation sites (N-methyl/N-ethyl adjacent to an activating group) is 1. The lowest BCUT2D eigenvalue weighted by Gasteiger charge is -2.32. The topological polar surface area (TPSA) is 61.4 Å². The van der Waals surface area contributed by atoms with Crippen molar-refractivity contribution in [3.63, 3.8) is 0 Å². The minimum Gasteiger partial charge on any atom is -0.493 e. The van der Waals surface area contributed by atoms with Crippen LogP contribution >= 0.6 is 0 Å². The molecule has 0 saturated carbocycles. The molecule has 0 atom stereocenters. The van der Waals surface area contributed by atoms with E-state index in [1.165, 1.54) is 11.1 Å². The Hall–Kier alpha value is -2.77. The third-order valence-electron chi connectivity index (χ3n) is 5.35. The van der Waals surface area contributed by atoms with Gasteiger partial charge in [0.1, 0.15) is 0 Å². The van der Waals surface area contributed by atoms with Gasteiger partial charge in [-0.05, 0) is 30.3 Å². The maximum atomic E-state index is 5.36. The second-order valence-electron chi connectivity index (χ2n) is 7.52. The molecule has 3 rings (SSSR count). The molecule has 1 saturated heterocycles. The lowest BCUT2D eigenvalue weighted by molar-refractivity contribution is 0.148. The van der Waals surface area contributed by atoms with E-state index in [9.17, 15) is 0 Å². The van der Waals surface area contributed by atoms with Crippen molar-refractivity contribution in [2.75, 3.05) is 59.8 Å². The van der Waals surface area contributed by atoms with Gasteiger partial charge in [-0.3, -0.25) is 9.89 Å². The molecule has 7 heteroatoms. The molecule has 2 aromatic carbocycles. The molecule has 1 aliphatic heterocycles. The number of ether oxygens (including phenoxy) is 2. The van der Waals surface area contributed by atoms with Crippen LogP contribution in [0.4, 0.5) is 5.69 Å². The molecule has 2 N–H and O–H groups in total. The second-order valence-corrected chi connectivity index (χ2v) is 7.52. The Balaban J connectivity index is 1.51. The van der Waals surface area contributed by atoms with Gasteiger partial charge in [0.05, 0.1) is 14.2 Å². The second kappa shape index (κ2) is 10.8. The van der Waals surface area contributed by atoms with Crippen molar-refractivity contribution in [3.8, 4) is 11.5 Å². The summed E-state index contributed by atoms with van der Waals surface area (Å²) in [5.41, 5.74) is 3.45. The Morgan fingerprint density at radius 1 is 0.933 bits per heavy atom. The lowest BCUT2D eigenvalue weighted by atomic mass is 10.1. The van der Waals surface area contributed by atoms with Crippen LogP contribution in [0, 0.1) is 0 Å². The van der Waals surface area contributed by atoms with E-state index in [1.54, 1.807) is 21.3 Å². The number of nitrogens with one attached hydrogen (secondary N) is 2. The first-order chi connectivity index (χ1) is 14.6. The molecule has 162 valence electrons. The first-order valence-corrected chi connectivity index (χ1v) is 10.3. The molecule has 0 unspecified atom stereocenters. The number of piperazine rings is 1. The number of benzene rings is 2. The summed E-state index contributed by atoms with van der Waals surface area (Å²) in [6.45, 7) is 6.28. The number of nitrogens with zero attached hydrogens (tertiary/aromatic N) is 3. The summed E-state index contributed by atoms with van der Waals surface area (Å²) < 4.78 is 10.6. The van der Waals surface area contributed by atoms with Crippen LogP contribution in [0.25, 0.3) is 0 Å². The van der Waals surface area contributed by atoms with Crippen LogP contribution in [0.2, 0.25) is 0 Å². The van der Waals surface area contributed by atoms with E-state index in [0.717, 1.165) is 38.4 Å². The molecule has 7 nitrogen and oxygen atoms in total. The summed E-state index contributed by atoms with van der Waals surface area (Å²) >= 11 is 0. The van der Waals surface area contributed by atoms with Gasteiger partial charge in [-0.25, -0.2) is 0 Å². The summed E-state index contributed by atoms with van der Waals surface area (Å²) in [7, 11) is 7.20. The number of rotatable bonds is 7. The molecule has 0 aliphatic carbocycles. The SMILES string of the molecule is CN=C(NCc1ccc(CN2CCN(C)CC2)cc1)Nc1ccc(OC)c(OC)c1. The average Bonchev–Trinajstić information content (AvgIpc) is 2.79. The highest BCUT2D eigenvalue weighted by Gasteiger charge is 2.13. The Morgan fingerprint density at radius 2 is 1.60 bits per heavy atom. The van der Waals surface area contributed by atoms with Crippen LogP contribution in [-0.2, 0) is 13.1 Å². The number of aliphatic imine (C=N–C) groups is 1. The molecule has 1 heterocycles. The molecule has 0 radical (unpaired) electrons. The monoisotopic (exact) mass is 411 g/mol. The van der Waals surface area contributed by atoms with Crippen molar-refractivity contribution in [2.24, 2.45) is 4.99 Å². The molecule has 0 bridgehead atoms. The number of anilines is 1. The number of hydrogen-bond acceptors (Lipinski definition) is 5. The van der Waals surface area contributed by atoms with Crippen molar-refractivity contribution in [1.82, 2.24) is 15.1 Å². The van der Waals surface area contributed by atoms with Gasteiger partial charge in [0.2, 0.25) is 0 Å². The van der Waals surface area contributed by atoms with Crippen molar-refractivity contribution in [2.45, 2.75) is 13.1 Å². The van der Waals surface area contributed by atoms with Crippen LogP contribution in [0.3, 0.4) is 0 Å². The third-order valence-corrected chi connectivity index (χ3v) is 5.35. The Labute approximate surface area is 179 Å². The normalized spacial score (nSPS) is 15.7. The van der Waals surface area contributed by atoms with E-state index in [2.05, 4.69) is 56.7 Å². The molecular formula is C23H33N5O2. The van der Waals surface area contributed by atoms with E-state index in [1.807, 2.05) is 18.2 Å². The molecule has 1 aliphatic rings. The number of hydrogen-bond donors (Lipinski definition) is 2. The van der Waals surface area contributed by atoms with Crippen LogP contribution in [0.15, 0.2) is 47.5 Å². The van der Waals surface area contributed by atoms with Crippen LogP contribution in [0.1, 0.15) is 11.1 Å². The van der Waals surface area contributed by atoms with Crippen molar-refractivity contribution >= 4 is 11.6 Å². The van der Waals surface area contributed by atoms with E-state index < -0.39 is 0 Å². The smallest absolute Gasteiger partial charge is 0.195 e. The molecule has 0 amide bonds. The molecule has 0 spiro atoms. The summed E-state index contributed by atoms with van der Waals surface area (Å²) in [5, 5.41) is 6.64. The van der Waals surface area contributed by atoms with E-state index in [0.29, 0.717) is 24.0 Å². The molecular weight excluding hydrogens is 378 g/mol. The molecule has 0 aromatic heterocycles. The minimum atomic E-state index is 0.675. The van der Waals surface area contributed by atoms with Gasteiger partial charge >= 0.3 is 0 Å². The zero-order valence-electron chi connectivity index (χ0n) is 18.4. The van der Waals surface area contributed by atoms with Crippen LogP contribution < -0.4 is 20.1 Å². The molecule has 30 heavy (non-hydrogen) atoms. The quantitative estimate of drug-likeness (QED) is 0.540. The fourth-order valence-electron chi connectivity index (χ4n) is 3.44. The van der Waals surface area contributed by atoms with Gasteiger partial charge in [-0.1, -0.05) is 24.3 Å². The van der Waals surface area contributed by atoms with Gasteiger partial charge < -0.3 is 25.0 Å². The summed E-state index contributed by atoms with van der Waals surface area (Å²) in [5.74, 6) is 2.07. The summed E-state index contributed by atoms with van der Waals surface area (Å²) in [6, 6.07) is 14.5. The van der Waals surface area contributed by atoms with Gasteiger partial charge in [0.25, 0.3) is 0 Å². The maximum absolute atomic E-state index is 5.36. The van der Waals surface area contributed by atoms with Gasteiger partial charge in [-0.15, -0.1) is 0 Å². The standard InChI is InChI=1S/C23H33N5O2/c1-24-23(26-20-9-10-21(29-3)22(15-20)30-4)25-16-18-5-7-19(8-6-18)17-28-13-11-27(2)12-14-28/h5-10,15H,11-14,16-17H2,1-4H3,(H2,24,25,26). The van der Waals surface area contributed by atoms with Crippen molar-refractivity contribution in [3.05, 3.63) is 53.6 Å². The van der Waals surface area contributed by atoms with Crippen LogP contribution in [0.5, 0.6) is 11.5 Å². The average molecular weight is 412 g/mol. The van der Waals surface area contributed by atoms with Gasteiger partial charge in [0.15, 0.2) is 17.5 Å². The largest absolute Gasteiger partial charge is 0.493 e. The van der Waals surface area contributed by atoms with Gasteiger partial charge in [0, 0.05) is 58.1 Å². The summed E-state index contributed by atoms with van der Waals surface area (Å²) in [6.07, 6.45) is 0. The maximum Gasteiger partial charge on any atom is 0.195 e. The first kappa shape index (κ1) is 21.9. The van der Waals surface area contributed by atoms with Crippen LogP contribution in [-0.4, -0.2) is 70.3 Å². The zero-order valence-corrected chi connectivity index (χ0v) is 18.4. The molecule has 1 fully saturated rings. The van der Waals surface area contributed by atoms with Gasteiger partial charge in [-0.2, -0.15) is 0 Å². The van der Waals surface area contributed by atoms with Crippen molar-refractivity contribution < 1.29 is 9.47 Å². The fraction of sp³-hybridized carbons (Fsp3) is 0.435.